The molecule has 0 aliphatic carbocycles. The molecule has 0 radical (unpaired) electrons. The van der Waals surface area contributed by atoms with E-state index in [1.807, 2.05) is 24.3 Å². The number of para-hydroxylation sites is 1. The quantitative estimate of drug-likeness (QED) is 0.828. The van der Waals surface area contributed by atoms with Gasteiger partial charge in [0.1, 0.15) is 0 Å². The Balaban J connectivity index is 1.78. The predicted molar refractivity (Wildman–Crippen MR) is 87.3 cm³/mol. The molecule has 2 N–H and O–H groups in total. The van der Waals surface area contributed by atoms with Gasteiger partial charge in [0.05, 0.1) is 0 Å². The summed E-state index contributed by atoms with van der Waals surface area (Å²) < 4.78 is 0.984. The van der Waals surface area contributed by atoms with E-state index >= 15 is 0 Å². The molecule has 0 fully saturated rings. The van der Waals surface area contributed by atoms with E-state index in [1.165, 1.54) is 0 Å². The average Bonchev–Trinajstić information content (AvgIpc) is 2.43. The number of carbonyl (C=O) groups excluding carboxylic acids is 1. The number of carbonyl (C=O) groups is 1. The van der Waals surface area contributed by atoms with Crippen LogP contribution in [0.2, 0.25) is 5.02 Å². The van der Waals surface area contributed by atoms with Crippen molar-refractivity contribution in [3.8, 4) is 0 Å². The number of anilines is 2. The van der Waals surface area contributed by atoms with Crippen molar-refractivity contribution in [1.82, 2.24) is 0 Å². The van der Waals surface area contributed by atoms with E-state index in [1.54, 1.807) is 24.3 Å². The first-order chi connectivity index (χ1) is 9.65. The number of rotatable bonds is 5. The third kappa shape index (κ3) is 4.54. The molecule has 20 heavy (non-hydrogen) atoms. The molecule has 0 heterocycles. The van der Waals surface area contributed by atoms with E-state index in [9.17, 15) is 4.79 Å². The molecule has 2 aromatic rings. The van der Waals surface area contributed by atoms with Crippen molar-refractivity contribution in [2.75, 3.05) is 17.2 Å². The second-order valence-corrected chi connectivity index (χ2v) is 5.50. The van der Waals surface area contributed by atoms with Gasteiger partial charge in [-0.3, -0.25) is 4.79 Å². The predicted octanol–water partition coefficient (Wildman–Crippen LogP) is 4.54. The number of amides is 1. The topological polar surface area (TPSA) is 41.1 Å². The smallest absolute Gasteiger partial charge is 0.226 e. The Morgan fingerprint density at radius 2 is 1.80 bits per heavy atom. The minimum Gasteiger partial charge on any atom is -0.384 e. The van der Waals surface area contributed by atoms with Crippen LogP contribution in [-0.4, -0.2) is 12.5 Å². The Kier molecular flexibility index (Phi) is 5.44. The van der Waals surface area contributed by atoms with Gasteiger partial charge in [0.15, 0.2) is 0 Å². The first-order valence-electron chi connectivity index (χ1n) is 6.19. The maximum absolute atomic E-state index is 11.8. The molecule has 0 atom stereocenters. The Bertz CT molecular complexity index is 587. The van der Waals surface area contributed by atoms with E-state index < -0.39 is 0 Å². The van der Waals surface area contributed by atoms with Crippen LogP contribution in [0.1, 0.15) is 6.42 Å². The summed E-state index contributed by atoms with van der Waals surface area (Å²) in [6.45, 7) is 0.571. The van der Waals surface area contributed by atoms with Gasteiger partial charge in [0.25, 0.3) is 0 Å². The Morgan fingerprint density at radius 1 is 1.10 bits per heavy atom. The highest BCUT2D eigenvalue weighted by Crippen LogP contribution is 2.21. The highest BCUT2D eigenvalue weighted by molar-refractivity contribution is 9.10. The van der Waals surface area contributed by atoms with Crippen LogP contribution in [0.5, 0.6) is 0 Å². The number of halogens is 2. The van der Waals surface area contributed by atoms with E-state index in [-0.39, 0.29) is 5.91 Å². The SMILES string of the molecule is O=C(CCNc1ccccc1Br)Nc1ccc(Cl)cc1. The van der Waals surface area contributed by atoms with Crippen LogP contribution in [0.4, 0.5) is 11.4 Å². The standard InChI is InChI=1S/C15H14BrClN2O/c16-13-3-1-2-4-14(13)18-10-9-15(20)19-12-7-5-11(17)6-8-12/h1-8,18H,9-10H2,(H,19,20). The summed E-state index contributed by atoms with van der Waals surface area (Å²) >= 11 is 9.24. The fraction of sp³-hybridized carbons (Fsp3) is 0.133. The van der Waals surface area contributed by atoms with E-state index in [2.05, 4.69) is 26.6 Å². The maximum atomic E-state index is 11.8. The minimum absolute atomic E-state index is 0.0353. The Labute approximate surface area is 131 Å². The maximum Gasteiger partial charge on any atom is 0.226 e. The molecule has 1 amide bonds. The number of nitrogens with one attached hydrogen (secondary N) is 2. The molecular weight excluding hydrogens is 340 g/mol. The van der Waals surface area contributed by atoms with Gasteiger partial charge in [0, 0.05) is 33.8 Å². The molecule has 2 rings (SSSR count). The molecule has 0 spiro atoms. The molecule has 5 heteroatoms. The molecule has 0 aliphatic heterocycles. The lowest BCUT2D eigenvalue weighted by Crippen LogP contribution is -2.16. The zero-order chi connectivity index (χ0) is 14.4. The van der Waals surface area contributed by atoms with Gasteiger partial charge in [0.2, 0.25) is 5.91 Å². The van der Waals surface area contributed by atoms with Crippen molar-refractivity contribution >= 4 is 44.8 Å². The molecule has 0 aliphatic rings. The zero-order valence-corrected chi connectivity index (χ0v) is 13.0. The Morgan fingerprint density at radius 3 is 2.50 bits per heavy atom. The van der Waals surface area contributed by atoms with Crippen molar-refractivity contribution < 1.29 is 4.79 Å². The van der Waals surface area contributed by atoms with E-state index in [4.69, 9.17) is 11.6 Å². The molecular formula is C15H14BrClN2O. The Hall–Kier alpha value is -1.52. The lowest BCUT2D eigenvalue weighted by Gasteiger charge is -2.09. The van der Waals surface area contributed by atoms with Gasteiger partial charge < -0.3 is 10.6 Å². The molecule has 0 saturated heterocycles. The van der Waals surface area contributed by atoms with Gasteiger partial charge in [-0.1, -0.05) is 23.7 Å². The molecule has 0 bridgehead atoms. The minimum atomic E-state index is -0.0353. The van der Waals surface area contributed by atoms with Crippen LogP contribution in [0.15, 0.2) is 53.0 Å². The monoisotopic (exact) mass is 352 g/mol. The fourth-order valence-electron chi connectivity index (χ4n) is 1.67. The largest absolute Gasteiger partial charge is 0.384 e. The van der Waals surface area contributed by atoms with Crippen LogP contribution < -0.4 is 10.6 Å². The lowest BCUT2D eigenvalue weighted by molar-refractivity contribution is -0.115. The molecule has 2 aromatic carbocycles. The van der Waals surface area contributed by atoms with Crippen LogP contribution in [0.25, 0.3) is 0 Å². The summed E-state index contributed by atoms with van der Waals surface area (Å²) in [6.07, 6.45) is 0.393. The number of hydrogen-bond donors (Lipinski definition) is 2. The third-order valence-corrected chi connectivity index (χ3v) is 3.61. The number of benzene rings is 2. The molecule has 0 aromatic heterocycles. The van der Waals surface area contributed by atoms with Crippen molar-refractivity contribution in [2.45, 2.75) is 6.42 Å². The summed E-state index contributed by atoms with van der Waals surface area (Å²) in [4.78, 5) is 11.8. The summed E-state index contributed by atoms with van der Waals surface area (Å²) in [5, 5.41) is 6.68. The highest BCUT2D eigenvalue weighted by Gasteiger charge is 2.03. The van der Waals surface area contributed by atoms with Crippen LogP contribution >= 0.6 is 27.5 Å². The van der Waals surface area contributed by atoms with Crippen molar-refractivity contribution in [3.63, 3.8) is 0 Å². The summed E-state index contributed by atoms with van der Waals surface area (Å²) in [7, 11) is 0. The third-order valence-electron chi connectivity index (χ3n) is 2.67. The van der Waals surface area contributed by atoms with E-state index in [0.717, 1.165) is 15.8 Å². The second-order valence-electron chi connectivity index (χ2n) is 4.21. The summed E-state index contributed by atoms with van der Waals surface area (Å²) in [5.74, 6) is -0.0353. The zero-order valence-electron chi connectivity index (χ0n) is 10.7. The van der Waals surface area contributed by atoms with Crippen molar-refractivity contribution in [3.05, 3.63) is 58.0 Å². The van der Waals surface area contributed by atoms with Gasteiger partial charge in [-0.25, -0.2) is 0 Å². The van der Waals surface area contributed by atoms with Crippen LogP contribution in [0.3, 0.4) is 0 Å². The lowest BCUT2D eigenvalue weighted by atomic mass is 10.3. The van der Waals surface area contributed by atoms with Gasteiger partial charge >= 0.3 is 0 Å². The summed E-state index contributed by atoms with van der Waals surface area (Å²) in [6, 6.07) is 14.9. The average molecular weight is 354 g/mol. The van der Waals surface area contributed by atoms with Gasteiger partial charge in [-0.05, 0) is 52.3 Å². The van der Waals surface area contributed by atoms with Crippen molar-refractivity contribution in [1.29, 1.82) is 0 Å². The number of hydrogen-bond acceptors (Lipinski definition) is 2. The van der Waals surface area contributed by atoms with Gasteiger partial charge in [-0.15, -0.1) is 0 Å². The second kappa shape index (κ2) is 7.31. The normalized spacial score (nSPS) is 10.1. The first-order valence-corrected chi connectivity index (χ1v) is 7.36. The van der Waals surface area contributed by atoms with Crippen molar-refractivity contribution in [2.24, 2.45) is 0 Å². The van der Waals surface area contributed by atoms with E-state index in [0.29, 0.717) is 18.0 Å². The highest BCUT2D eigenvalue weighted by atomic mass is 79.9. The molecule has 3 nitrogen and oxygen atoms in total. The molecule has 0 unspecified atom stereocenters. The van der Waals surface area contributed by atoms with Gasteiger partial charge in [-0.2, -0.15) is 0 Å². The first kappa shape index (κ1) is 14.9. The fourth-order valence-corrected chi connectivity index (χ4v) is 2.22. The molecule has 104 valence electrons. The molecule has 0 saturated carbocycles. The van der Waals surface area contributed by atoms with Crippen LogP contribution in [0, 0.1) is 0 Å². The summed E-state index contributed by atoms with van der Waals surface area (Å²) in [5.41, 5.74) is 1.73. The van der Waals surface area contributed by atoms with Crippen LogP contribution in [-0.2, 0) is 4.79 Å².